The third-order valence-electron chi connectivity index (χ3n) is 2.53. The highest BCUT2D eigenvalue weighted by molar-refractivity contribution is 7.17. The Morgan fingerprint density at radius 3 is 2.79 bits per heavy atom. The molecule has 3 heteroatoms. The maximum atomic E-state index is 11.6. The number of nitrogens with one attached hydrogen (secondary N) is 1. The van der Waals surface area contributed by atoms with Gasteiger partial charge in [0.05, 0.1) is 4.70 Å². The molecule has 2 aromatic heterocycles. The van der Waals surface area contributed by atoms with E-state index in [-0.39, 0.29) is 5.56 Å². The molecule has 2 aromatic rings. The van der Waals surface area contributed by atoms with Crippen molar-refractivity contribution >= 4 is 21.4 Å². The molecule has 0 fully saturated rings. The van der Waals surface area contributed by atoms with Crippen molar-refractivity contribution in [3.8, 4) is 0 Å². The van der Waals surface area contributed by atoms with Gasteiger partial charge in [0.25, 0.3) is 5.56 Å². The first-order chi connectivity index (χ1) is 6.77. The number of pyridine rings is 1. The van der Waals surface area contributed by atoms with E-state index in [9.17, 15) is 4.79 Å². The zero-order chi connectivity index (χ0) is 10.1. The van der Waals surface area contributed by atoms with Gasteiger partial charge in [-0.25, -0.2) is 0 Å². The number of H-pyrrole nitrogens is 1. The summed E-state index contributed by atoms with van der Waals surface area (Å²) in [5, 5.41) is 3.12. The molecule has 2 rings (SSSR count). The van der Waals surface area contributed by atoms with E-state index < -0.39 is 0 Å². The second-order valence-electron chi connectivity index (χ2n) is 3.28. The SMILES string of the molecule is CCc1[nH]c(=O)c2sccc2c1CC. The lowest BCUT2D eigenvalue weighted by atomic mass is 10.1. The van der Waals surface area contributed by atoms with Crippen molar-refractivity contribution in [1.29, 1.82) is 0 Å². The third kappa shape index (κ3) is 1.28. The average molecular weight is 207 g/mol. The van der Waals surface area contributed by atoms with Crippen molar-refractivity contribution in [3.63, 3.8) is 0 Å². The highest BCUT2D eigenvalue weighted by atomic mass is 32.1. The first-order valence-electron chi connectivity index (χ1n) is 4.89. The fourth-order valence-corrected chi connectivity index (χ4v) is 2.68. The molecule has 0 aliphatic rings. The predicted molar refractivity (Wildman–Crippen MR) is 61.2 cm³/mol. The molecule has 14 heavy (non-hydrogen) atoms. The summed E-state index contributed by atoms with van der Waals surface area (Å²) in [4.78, 5) is 14.6. The summed E-state index contributed by atoms with van der Waals surface area (Å²) < 4.78 is 0.860. The van der Waals surface area contributed by atoms with Gasteiger partial charge in [0.2, 0.25) is 0 Å². The fourth-order valence-electron chi connectivity index (χ4n) is 1.86. The van der Waals surface area contributed by atoms with Gasteiger partial charge in [-0.05, 0) is 29.9 Å². The standard InChI is InChI=1S/C11H13NOS/c1-3-7-8-5-6-14-10(8)11(13)12-9(7)4-2/h5-6H,3-4H2,1-2H3,(H,12,13). The molecule has 0 radical (unpaired) electrons. The van der Waals surface area contributed by atoms with Crippen molar-refractivity contribution in [3.05, 3.63) is 33.1 Å². The van der Waals surface area contributed by atoms with Crippen molar-refractivity contribution in [2.75, 3.05) is 0 Å². The summed E-state index contributed by atoms with van der Waals surface area (Å²) >= 11 is 1.52. The molecule has 0 spiro atoms. The minimum atomic E-state index is 0.0593. The molecule has 0 saturated carbocycles. The average Bonchev–Trinajstić information content (AvgIpc) is 2.66. The van der Waals surface area contributed by atoms with E-state index in [1.807, 2.05) is 11.4 Å². The minimum Gasteiger partial charge on any atom is -0.325 e. The Labute approximate surface area is 86.6 Å². The number of rotatable bonds is 2. The zero-order valence-corrected chi connectivity index (χ0v) is 9.20. The summed E-state index contributed by atoms with van der Waals surface area (Å²) in [5.41, 5.74) is 2.44. The van der Waals surface area contributed by atoms with Gasteiger partial charge in [-0.2, -0.15) is 0 Å². The van der Waals surface area contributed by atoms with Gasteiger partial charge < -0.3 is 4.98 Å². The number of hydrogen-bond acceptors (Lipinski definition) is 2. The van der Waals surface area contributed by atoms with Crippen LogP contribution in [0.4, 0.5) is 0 Å². The van der Waals surface area contributed by atoms with Gasteiger partial charge in [0, 0.05) is 11.1 Å². The van der Waals surface area contributed by atoms with E-state index in [1.54, 1.807) is 0 Å². The summed E-state index contributed by atoms with van der Waals surface area (Å²) in [7, 11) is 0. The monoisotopic (exact) mass is 207 g/mol. The lowest BCUT2D eigenvalue weighted by Crippen LogP contribution is -2.10. The van der Waals surface area contributed by atoms with Crippen LogP contribution < -0.4 is 5.56 Å². The molecular weight excluding hydrogens is 194 g/mol. The van der Waals surface area contributed by atoms with Gasteiger partial charge in [-0.15, -0.1) is 11.3 Å². The normalized spacial score (nSPS) is 11.0. The molecule has 2 heterocycles. The quantitative estimate of drug-likeness (QED) is 0.807. The number of hydrogen-bond donors (Lipinski definition) is 1. The molecule has 0 aliphatic carbocycles. The molecule has 0 bridgehead atoms. The minimum absolute atomic E-state index is 0.0593. The van der Waals surface area contributed by atoms with Crippen molar-refractivity contribution in [2.24, 2.45) is 0 Å². The molecule has 0 atom stereocenters. The molecule has 0 unspecified atom stereocenters. The summed E-state index contributed by atoms with van der Waals surface area (Å²) in [6, 6.07) is 2.05. The topological polar surface area (TPSA) is 32.9 Å². The molecule has 1 N–H and O–H groups in total. The number of aromatic nitrogens is 1. The molecule has 0 aliphatic heterocycles. The van der Waals surface area contributed by atoms with Crippen LogP contribution in [0.1, 0.15) is 25.1 Å². The Morgan fingerprint density at radius 2 is 2.14 bits per heavy atom. The molecule has 0 aromatic carbocycles. The van der Waals surface area contributed by atoms with E-state index in [2.05, 4.69) is 18.8 Å². The first-order valence-corrected chi connectivity index (χ1v) is 5.77. The number of aromatic amines is 1. The van der Waals surface area contributed by atoms with Crippen LogP contribution in [0, 0.1) is 0 Å². The number of aryl methyl sites for hydroxylation is 2. The number of thiophene rings is 1. The van der Waals surface area contributed by atoms with E-state index in [4.69, 9.17) is 0 Å². The first kappa shape index (κ1) is 9.46. The van der Waals surface area contributed by atoms with Crippen LogP contribution in [-0.2, 0) is 12.8 Å². The maximum Gasteiger partial charge on any atom is 0.266 e. The largest absolute Gasteiger partial charge is 0.325 e. The lowest BCUT2D eigenvalue weighted by molar-refractivity contribution is 0.967. The smallest absolute Gasteiger partial charge is 0.266 e. The van der Waals surface area contributed by atoms with Crippen LogP contribution in [0.25, 0.3) is 10.1 Å². The second kappa shape index (κ2) is 3.58. The molecule has 0 saturated heterocycles. The van der Waals surface area contributed by atoms with Crippen molar-refractivity contribution in [1.82, 2.24) is 4.98 Å². The Bertz CT molecular complexity index is 509. The van der Waals surface area contributed by atoms with E-state index in [1.165, 1.54) is 16.9 Å². The number of fused-ring (bicyclic) bond motifs is 1. The predicted octanol–water partition coefficient (Wildman–Crippen LogP) is 2.71. The van der Waals surface area contributed by atoms with Gasteiger partial charge in [-0.1, -0.05) is 13.8 Å². The highest BCUT2D eigenvalue weighted by Crippen LogP contribution is 2.23. The Morgan fingerprint density at radius 1 is 1.36 bits per heavy atom. The van der Waals surface area contributed by atoms with E-state index in [0.29, 0.717) is 0 Å². The van der Waals surface area contributed by atoms with Gasteiger partial charge in [0.1, 0.15) is 0 Å². The van der Waals surface area contributed by atoms with Crippen LogP contribution >= 0.6 is 11.3 Å². The van der Waals surface area contributed by atoms with Crippen LogP contribution in [-0.4, -0.2) is 4.98 Å². The van der Waals surface area contributed by atoms with Crippen LogP contribution in [0.2, 0.25) is 0 Å². The molecule has 0 amide bonds. The van der Waals surface area contributed by atoms with Crippen LogP contribution in [0.5, 0.6) is 0 Å². The zero-order valence-electron chi connectivity index (χ0n) is 8.39. The van der Waals surface area contributed by atoms with Crippen molar-refractivity contribution < 1.29 is 0 Å². The molecule has 2 nitrogen and oxygen atoms in total. The van der Waals surface area contributed by atoms with E-state index in [0.717, 1.165) is 28.6 Å². The molecular formula is C11H13NOS. The molecule has 74 valence electrons. The summed E-state index contributed by atoms with van der Waals surface area (Å²) in [6.45, 7) is 4.20. The Balaban J connectivity index is 2.89. The van der Waals surface area contributed by atoms with Crippen LogP contribution in [0.3, 0.4) is 0 Å². The fraction of sp³-hybridized carbons (Fsp3) is 0.364. The maximum absolute atomic E-state index is 11.6. The van der Waals surface area contributed by atoms with Crippen molar-refractivity contribution in [2.45, 2.75) is 26.7 Å². The summed E-state index contributed by atoms with van der Waals surface area (Å²) in [5.74, 6) is 0. The Kier molecular flexibility index (Phi) is 2.42. The second-order valence-corrected chi connectivity index (χ2v) is 4.20. The van der Waals surface area contributed by atoms with Gasteiger partial charge in [0.15, 0.2) is 0 Å². The lowest BCUT2D eigenvalue weighted by Gasteiger charge is -2.06. The summed E-state index contributed by atoms with van der Waals surface area (Å²) in [6.07, 6.45) is 1.87. The van der Waals surface area contributed by atoms with Crippen LogP contribution in [0.15, 0.2) is 16.2 Å². The highest BCUT2D eigenvalue weighted by Gasteiger charge is 2.09. The van der Waals surface area contributed by atoms with E-state index >= 15 is 0 Å². The Hall–Kier alpha value is -1.09. The van der Waals surface area contributed by atoms with Gasteiger partial charge >= 0.3 is 0 Å². The third-order valence-corrected chi connectivity index (χ3v) is 3.45. The van der Waals surface area contributed by atoms with Gasteiger partial charge in [-0.3, -0.25) is 4.79 Å².